The standard InChI is InChI=1S/3C10H13N.3C9H12N2.C7H8N2O.C6H7N3O.C6H10N2S/c1-4-10-7-9(8(2)3)5-6-11-10;1-4-10-9(8(2)3)6-5-7-11-10;1-4-9-6-5-7-10(11-9)8(2)3;1-4-8-5-9(7(2)3)11-6-10-8;1-4-9-10-6-5-8(11-9)7(2)3;1-4-8-5-6-10-9(11-8)7(2)3;1-5(2)6-4-10-7(3-8)9-6;1-4(2)6-8-5(3-7)10-9-6;1-4(2)6-7-5(3)9-8-6/h3*4-8H,1H2,2-3H3;3*4-7H,1H2,2-3H3;4-5H,1-2H3;4H,1-2H3;4H,1-3H3. The topological polar surface area (TPSA) is 254 Å². The second-order valence-electron chi connectivity index (χ2n) is 23.6. The molecule has 0 aromatic carbocycles. The molecule has 19 heteroatoms. The molecule has 0 atom stereocenters. The molecule has 0 aliphatic heterocycles. The summed E-state index contributed by atoms with van der Waals surface area (Å²) >= 11 is 1.47. The summed E-state index contributed by atoms with van der Waals surface area (Å²) in [6, 6.07) is 23.5. The van der Waals surface area contributed by atoms with Gasteiger partial charge in [-0.2, -0.15) is 19.9 Å². The molecule has 9 rings (SSSR count). The highest BCUT2D eigenvalue weighted by Gasteiger charge is 2.09. The Kier molecular flexibility index (Phi) is 40.3. The van der Waals surface area contributed by atoms with Gasteiger partial charge in [-0.05, 0) is 150 Å². The van der Waals surface area contributed by atoms with E-state index in [-0.39, 0.29) is 17.7 Å². The highest BCUT2D eigenvalue weighted by atomic mass is 32.1. The first kappa shape index (κ1) is 83.0. The van der Waals surface area contributed by atoms with Crippen molar-refractivity contribution in [2.45, 2.75) is 185 Å². The number of nitrogens with zero attached hydrogens (tertiary/aromatic N) is 16. The molecule has 9 aromatic rings. The van der Waals surface area contributed by atoms with E-state index in [4.69, 9.17) is 14.9 Å². The maximum atomic E-state index is 8.33. The smallest absolute Gasteiger partial charge is 0.329 e. The number of aromatic nitrogens is 14. The van der Waals surface area contributed by atoms with Crippen LogP contribution < -0.4 is 0 Å². The summed E-state index contributed by atoms with van der Waals surface area (Å²) in [5, 5.41) is 21.2. The predicted octanol–water partition coefficient (Wildman–Crippen LogP) is 20.0. The molecule has 0 saturated carbocycles. The predicted molar refractivity (Wildman–Crippen MR) is 391 cm³/mol. The zero-order valence-corrected chi connectivity index (χ0v) is 60.3. The first-order valence-corrected chi connectivity index (χ1v) is 32.4. The summed E-state index contributed by atoms with van der Waals surface area (Å²) in [7, 11) is 0. The number of hydrogen-bond acceptors (Lipinski definition) is 19. The van der Waals surface area contributed by atoms with E-state index in [1.807, 2.05) is 95.4 Å². The van der Waals surface area contributed by atoms with Crippen LogP contribution in [0.2, 0.25) is 0 Å². The van der Waals surface area contributed by atoms with Crippen LogP contribution in [0, 0.1) is 29.6 Å². The molecule has 0 aliphatic carbocycles. The Balaban J connectivity index is 0.000000535. The summed E-state index contributed by atoms with van der Waals surface area (Å²) in [4.78, 5) is 49.4. The van der Waals surface area contributed by atoms with E-state index in [1.54, 1.807) is 67.4 Å². The lowest BCUT2D eigenvalue weighted by Crippen LogP contribution is -1.97. The van der Waals surface area contributed by atoms with Crippen LogP contribution in [0.4, 0.5) is 0 Å². The van der Waals surface area contributed by atoms with Crippen LogP contribution in [-0.2, 0) is 0 Å². The van der Waals surface area contributed by atoms with Crippen molar-refractivity contribution in [3.05, 3.63) is 240 Å². The van der Waals surface area contributed by atoms with Crippen LogP contribution in [0.5, 0.6) is 0 Å². The fourth-order valence-corrected chi connectivity index (χ4v) is 7.61. The lowest BCUT2D eigenvalue weighted by molar-refractivity contribution is 0.397. The number of rotatable bonds is 15. The molecule has 0 aliphatic rings. The fourth-order valence-electron chi connectivity index (χ4n) is 7.00. The van der Waals surface area contributed by atoms with Crippen molar-refractivity contribution < 1.29 is 8.94 Å². The Morgan fingerprint density at radius 3 is 1.44 bits per heavy atom. The van der Waals surface area contributed by atoms with Crippen LogP contribution in [0.1, 0.15) is 280 Å². The molecule has 0 spiro atoms. The Labute approximate surface area is 570 Å². The average molecular weight is 1300 g/mol. The Bertz CT molecular complexity index is 3400. The Hall–Kier alpha value is -9.98. The third-order valence-corrected chi connectivity index (χ3v) is 13.3. The van der Waals surface area contributed by atoms with Gasteiger partial charge in [-0.1, -0.05) is 181 Å². The lowest BCUT2D eigenvalue weighted by Gasteiger charge is -2.06. The third kappa shape index (κ3) is 33.4. The van der Waals surface area contributed by atoms with Gasteiger partial charge in [0.05, 0.1) is 34.2 Å². The maximum Gasteiger partial charge on any atom is 0.329 e. The highest BCUT2D eigenvalue weighted by Crippen LogP contribution is 2.19. The van der Waals surface area contributed by atoms with Crippen LogP contribution in [0.3, 0.4) is 0 Å². The van der Waals surface area contributed by atoms with Gasteiger partial charge >= 0.3 is 11.8 Å². The minimum atomic E-state index is 0.0312. The van der Waals surface area contributed by atoms with E-state index in [0.29, 0.717) is 59.0 Å². The van der Waals surface area contributed by atoms with Gasteiger partial charge in [0.15, 0.2) is 23.8 Å². The molecule has 0 fully saturated rings. The van der Waals surface area contributed by atoms with Gasteiger partial charge < -0.3 is 8.94 Å². The lowest BCUT2D eigenvalue weighted by atomic mass is 10.0. The van der Waals surface area contributed by atoms with Gasteiger partial charge in [0.2, 0.25) is 0 Å². The van der Waals surface area contributed by atoms with Crippen molar-refractivity contribution >= 4 is 48.0 Å². The van der Waals surface area contributed by atoms with E-state index in [2.05, 4.69) is 222 Å². The van der Waals surface area contributed by atoms with Gasteiger partial charge in [0, 0.05) is 59.6 Å². The minimum absolute atomic E-state index is 0.0312. The first-order valence-electron chi connectivity index (χ1n) is 31.6. The van der Waals surface area contributed by atoms with E-state index in [0.717, 1.165) is 67.9 Å². The molecular formula is C76H100N16O2S. The van der Waals surface area contributed by atoms with E-state index in [9.17, 15) is 0 Å². The zero-order valence-electron chi connectivity index (χ0n) is 59.5. The number of aryl methyl sites for hydroxylation is 1. The second kappa shape index (κ2) is 46.1. The highest BCUT2D eigenvalue weighted by molar-refractivity contribution is 7.05. The molecule has 502 valence electrons. The molecule has 0 unspecified atom stereocenters. The van der Waals surface area contributed by atoms with E-state index >= 15 is 0 Å². The quantitative estimate of drug-likeness (QED) is 0.0924. The summed E-state index contributed by atoms with van der Waals surface area (Å²) in [5.74, 6) is 7.19. The molecule has 95 heavy (non-hydrogen) atoms. The van der Waals surface area contributed by atoms with Crippen LogP contribution in [0.25, 0.3) is 36.5 Å². The van der Waals surface area contributed by atoms with Gasteiger partial charge in [-0.3, -0.25) is 15.0 Å². The van der Waals surface area contributed by atoms with Crippen molar-refractivity contribution in [1.82, 2.24) is 69.3 Å². The molecule has 0 amide bonds. The summed E-state index contributed by atoms with van der Waals surface area (Å²) in [5.41, 5.74) is 11.4. The number of nitriles is 2. The molecule has 0 bridgehead atoms. The van der Waals surface area contributed by atoms with Gasteiger partial charge in [0.1, 0.15) is 29.2 Å². The van der Waals surface area contributed by atoms with Crippen LogP contribution in [-0.4, -0.2) is 69.3 Å². The summed E-state index contributed by atoms with van der Waals surface area (Å²) < 4.78 is 13.5. The van der Waals surface area contributed by atoms with Gasteiger partial charge in [-0.25, -0.2) is 39.9 Å². The number of hydrogen-bond donors (Lipinski definition) is 0. The van der Waals surface area contributed by atoms with E-state index in [1.165, 1.54) is 28.9 Å². The maximum absolute atomic E-state index is 8.33. The van der Waals surface area contributed by atoms with Crippen molar-refractivity contribution in [2.75, 3.05) is 0 Å². The van der Waals surface area contributed by atoms with Crippen molar-refractivity contribution in [1.29, 1.82) is 10.5 Å². The van der Waals surface area contributed by atoms with Crippen LogP contribution >= 0.6 is 11.5 Å². The van der Waals surface area contributed by atoms with Crippen molar-refractivity contribution in [3.63, 3.8) is 0 Å². The SMILES string of the molecule is C=Cc1cc(C(C)C)ccn1.C=Cc1cc(C(C)C)ncn1.C=Cc1cccc(C(C)C)n1.C=Cc1ccnc(C(C)C)n1.C=Cc1nccc(C(C)C)n1.C=Cc1ncccc1C(C)C.CC(C)c1coc(C#N)n1.CC(C)c1noc(C#N)n1.Cc1nc(C(C)C)ns1. The monoisotopic (exact) mass is 1300 g/mol. The zero-order chi connectivity index (χ0) is 71.6. The molecule has 0 saturated heterocycles. The Morgan fingerprint density at radius 2 is 0.989 bits per heavy atom. The van der Waals surface area contributed by atoms with Gasteiger partial charge in [0.25, 0.3) is 0 Å². The van der Waals surface area contributed by atoms with Crippen molar-refractivity contribution in [3.8, 4) is 12.1 Å². The van der Waals surface area contributed by atoms with E-state index < -0.39 is 0 Å². The molecule has 9 aromatic heterocycles. The summed E-state index contributed by atoms with van der Waals surface area (Å²) in [6.45, 7) is 61.5. The second-order valence-corrected chi connectivity index (χ2v) is 24.5. The van der Waals surface area contributed by atoms with Gasteiger partial charge in [-0.15, -0.1) is 0 Å². The molecule has 0 N–H and O–H groups in total. The molecule has 18 nitrogen and oxygen atoms in total. The Morgan fingerprint density at radius 1 is 0.421 bits per heavy atom. The average Bonchev–Trinajstić information content (AvgIpc) is 2.51. The normalized spacial score (nSPS) is 10.1. The fraction of sp³-hybridized carbons (Fsp3) is 0.368. The molecular weight excluding hydrogens is 1200 g/mol. The molecule has 0 radical (unpaired) electrons. The third-order valence-electron chi connectivity index (χ3n) is 12.7. The van der Waals surface area contributed by atoms with Crippen LogP contribution in [0.15, 0.2) is 146 Å². The summed E-state index contributed by atoms with van der Waals surface area (Å²) in [6.07, 6.45) is 20.7. The largest absolute Gasteiger partial charge is 0.437 e. The molecule has 9 heterocycles. The number of oxazole rings is 1. The minimum Gasteiger partial charge on any atom is -0.437 e. The number of pyridine rings is 3. The first-order chi connectivity index (χ1) is 45.1. The van der Waals surface area contributed by atoms with Crippen molar-refractivity contribution in [2.24, 2.45) is 0 Å².